The van der Waals surface area contributed by atoms with Gasteiger partial charge in [0.2, 0.25) is 11.8 Å². The lowest BCUT2D eigenvalue weighted by atomic mass is 10.0. The van der Waals surface area contributed by atoms with Crippen LogP contribution >= 0.6 is 11.8 Å². The molecule has 1 aromatic carbocycles. The quantitative estimate of drug-likeness (QED) is 0.353. The van der Waals surface area contributed by atoms with Gasteiger partial charge in [-0.1, -0.05) is 0 Å². The number of carbonyl (C=O) groups excluding carboxylic acids is 3. The summed E-state index contributed by atoms with van der Waals surface area (Å²) in [5.41, 5.74) is 2.13. The van der Waals surface area contributed by atoms with Crippen molar-refractivity contribution < 1.29 is 34.1 Å². The number of pyridine rings is 2. The van der Waals surface area contributed by atoms with Gasteiger partial charge in [-0.05, 0) is 30.3 Å². The summed E-state index contributed by atoms with van der Waals surface area (Å²) in [6.07, 6.45) is -3.24. The molecular formula is C24H23N5O7S. The number of benzene rings is 1. The van der Waals surface area contributed by atoms with Crippen molar-refractivity contribution in [3.8, 4) is 5.88 Å². The minimum absolute atomic E-state index is 0.0778. The van der Waals surface area contributed by atoms with Crippen LogP contribution in [-0.2, 0) is 14.3 Å². The summed E-state index contributed by atoms with van der Waals surface area (Å²) >= 11 is 1.41. The van der Waals surface area contributed by atoms with Crippen molar-refractivity contribution in [2.24, 2.45) is 0 Å². The summed E-state index contributed by atoms with van der Waals surface area (Å²) in [5, 5.41) is 26.5. The van der Waals surface area contributed by atoms with E-state index < -0.39 is 30.3 Å². The van der Waals surface area contributed by atoms with Crippen molar-refractivity contribution in [2.45, 2.75) is 23.2 Å². The van der Waals surface area contributed by atoms with Gasteiger partial charge in [0.1, 0.15) is 12.2 Å². The maximum absolute atomic E-state index is 12.6. The van der Waals surface area contributed by atoms with Crippen molar-refractivity contribution in [1.82, 2.24) is 15.3 Å². The predicted octanol–water partition coefficient (Wildman–Crippen LogP) is 1.22. The minimum atomic E-state index is -1.81. The van der Waals surface area contributed by atoms with Crippen LogP contribution in [-0.4, -0.2) is 76.2 Å². The molecule has 37 heavy (non-hydrogen) atoms. The van der Waals surface area contributed by atoms with Crippen molar-refractivity contribution in [2.75, 3.05) is 36.2 Å². The van der Waals surface area contributed by atoms with Gasteiger partial charge in [0.15, 0.2) is 6.10 Å². The van der Waals surface area contributed by atoms with Crippen LogP contribution in [0, 0.1) is 0 Å². The van der Waals surface area contributed by atoms with E-state index in [1.54, 1.807) is 24.3 Å². The molecule has 1 unspecified atom stereocenters. The number of thioether (sulfide) groups is 1. The molecule has 4 heterocycles. The van der Waals surface area contributed by atoms with Crippen LogP contribution in [0.2, 0.25) is 0 Å². The number of aliphatic hydroxyl groups excluding tert-OH is 2. The van der Waals surface area contributed by atoms with Crippen LogP contribution < -0.4 is 20.3 Å². The van der Waals surface area contributed by atoms with E-state index in [4.69, 9.17) is 9.47 Å². The number of aliphatic hydroxyl groups is 2. The second-order valence-electron chi connectivity index (χ2n) is 8.39. The lowest BCUT2D eigenvalue weighted by Crippen LogP contribution is -2.42. The largest absolute Gasteiger partial charge is 0.481 e. The SMILES string of the molecule is COc1ccc2nccc([C@@H](O)[C@H](O)C(=O)NCC3CN(c4ccc5c(c4)NC(=O)CS5)C(=O)O3)c2n1. The van der Waals surface area contributed by atoms with Crippen molar-refractivity contribution in [3.05, 3.63) is 48.2 Å². The Morgan fingerprint density at radius 1 is 1.30 bits per heavy atom. The van der Waals surface area contributed by atoms with Gasteiger partial charge in [-0.3, -0.25) is 19.5 Å². The predicted molar refractivity (Wildman–Crippen MR) is 133 cm³/mol. The van der Waals surface area contributed by atoms with E-state index in [1.807, 2.05) is 6.07 Å². The Morgan fingerprint density at radius 2 is 2.14 bits per heavy atom. The third kappa shape index (κ3) is 5.01. The van der Waals surface area contributed by atoms with E-state index in [1.165, 1.54) is 36.0 Å². The average molecular weight is 526 g/mol. The van der Waals surface area contributed by atoms with Crippen molar-refractivity contribution in [3.63, 3.8) is 0 Å². The van der Waals surface area contributed by atoms with Gasteiger partial charge in [-0.2, -0.15) is 0 Å². The van der Waals surface area contributed by atoms with Gasteiger partial charge < -0.3 is 30.3 Å². The molecule has 1 saturated heterocycles. The topological polar surface area (TPSA) is 163 Å². The molecule has 3 amide bonds. The standard InChI is InChI=1S/C24H23N5O7S/c1-35-19-5-3-15-20(28-19)14(6-7-25-15)21(31)22(32)23(33)26-9-13-10-29(24(34)36-13)12-2-4-17-16(8-12)27-18(30)11-37-17/h2-8,13,21-22,31-32H,9-11H2,1H3,(H,26,33)(H,27,30)/t13?,21-,22+/m1/s1. The lowest BCUT2D eigenvalue weighted by molar-refractivity contribution is -0.135. The van der Waals surface area contributed by atoms with Crippen LogP contribution in [0.15, 0.2) is 47.5 Å². The zero-order chi connectivity index (χ0) is 26.1. The van der Waals surface area contributed by atoms with Gasteiger partial charge in [-0.25, -0.2) is 9.78 Å². The number of hydrogen-bond acceptors (Lipinski definition) is 10. The number of aromatic nitrogens is 2. The van der Waals surface area contributed by atoms with Gasteiger partial charge in [-0.15, -0.1) is 11.8 Å². The first-order valence-electron chi connectivity index (χ1n) is 11.3. The maximum atomic E-state index is 12.6. The maximum Gasteiger partial charge on any atom is 0.414 e. The van der Waals surface area contributed by atoms with Crippen LogP contribution in [0.3, 0.4) is 0 Å². The summed E-state index contributed by atoms with van der Waals surface area (Å²) in [4.78, 5) is 47.5. The number of rotatable bonds is 7. The number of nitrogens with one attached hydrogen (secondary N) is 2. The Kier molecular flexibility index (Phi) is 6.82. The third-order valence-corrected chi connectivity index (χ3v) is 7.04. The Hall–Kier alpha value is -3.94. The van der Waals surface area contributed by atoms with E-state index in [0.717, 1.165) is 4.90 Å². The van der Waals surface area contributed by atoms with Crippen LogP contribution in [0.25, 0.3) is 11.0 Å². The normalized spacial score (nSPS) is 18.6. The number of fused-ring (bicyclic) bond motifs is 2. The average Bonchev–Trinajstić information content (AvgIpc) is 3.29. The molecule has 2 aromatic heterocycles. The monoisotopic (exact) mass is 525 g/mol. The van der Waals surface area contributed by atoms with E-state index in [-0.39, 0.29) is 24.6 Å². The van der Waals surface area contributed by atoms with Crippen LogP contribution in [0.1, 0.15) is 11.7 Å². The first kappa shape index (κ1) is 24.7. The van der Waals surface area contributed by atoms with E-state index in [2.05, 4.69) is 20.6 Å². The number of ether oxygens (including phenoxy) is 2. The Morgan fingerprint density at radius 3 is 2.95 bits per heavy atom. The number of anilines is 2. The number of nitrogens with zero attached hydrogens (tertiary/aromatic N) is 3. The molecule has 0 aliphatic carbocycles. The smallest absolute Gasteiger partial charge is 0.414 e. The molecule has 192 valence electrons. The molecule has 2 aliphatic heterocycles. The number of methoxy groups -OCH3 is 1. The molecule has 1 fully saturated rings. The molecule has 5 rings (SSSR count). The number of cyclic esters (lactones) is 1. The van der Waals surface area contributed by atoms with Gasteiger partial charge in [0, 0.05) is 28.4 Å². The third-order valence-electron chi connectivity index (χ3n) is 5.97. The molecule has 3 aromatic rings. The molecule has 4 N–H and O–H groups in total. The first-order chi connectivity index (χ1) is 17.8. The number of carbonyl (C=O) groups is 3. The number of amides is 3. The fraction of sp³-hybridized carbons (Fsp3) is 0.292. The summed E-state index contributed by atoms with van der Waals surface area (Å²) in [7, 11) is 1.45. The zero-order valence-corrected chi connectivity index (χ0v) is 20.4. The zero-order valence-electron chi connectivity index (χ0n) is 19.6. The highest BCUT2D eigenvalue weighted by molar-refractivity contribution is 8.00. The molecule has 3 atom stereocenters. The highest BCUT2D eigenvalue weighted by Gasteiger charge is 2.34. The summed E-state index contributed by atoms with van der Waals surface area (Å²) < 4.78 is 10.5. The van der Waals surface area contributed by atoms with Gasteiger partial charge in [0.05, 0.1) is 42.7 Å². The Balaban J connectivity index is 1.22. The van der Waals surface area contributed by atoms with E-state index in [0.29, 0.717) is 34.0 Å². The van der Waals surface area contributed by atoms with E-state index in [9.17, 15) is 24.6 Å². The lowest BCUT2D eigenvalue weighted by Gasteiger charge is -2.20. The van der Waals surface area contributed by atoms with Crippen molar-refractivity contribution in [1.29, 1.82) is 0 Å². The fourth-order valence-electron chi connectivity index (χ4n) is 4.09. The van der Waals surface area contributed by atoms with Crippen LogP contribution in [0.5, 0.6) is 5.88 Å². The molecule has 0 radical (unpaired) electrons. The molecule has 12 nitrogen and oxygen atoms in total. The Labute approximate surface area is 215 Å². The molecule has 13 heteroatoms. The van der Waals surface area contributed by atoms with Crippen molar-refractivity contribution >= 4 is 52.1 Å². The molecule has 0 spiro atoms. The fourth-order valence-corrected chi connectivity index (χ4v) is 4.88. The first-order valence-corrected chi connectivity index (χ1v) is 12.3. The summed E-state index contributed by atoms with van der Waals surface area (Å²) in [6.45, 7) is 0.0713. The highest BCUT2D eigenvalue weighted by atomic mass is 32.2. The van der Waals surface area contributed by atoms with Gasteiger partial charge >= 0.3 is 6.09 Å². The second-order valence-corrected chi connectivity index (χ2v) is 9.41. The molecule has 0 saturated carbocycles. The second kappa shape index (κ2) is 10.2. The summed E-state index contributed by atoms with van der Waals surface area (Å²) in [6, 6.07) is 10.0. The minimum Gasteiger partial charge on any atom is -0.481 e. The van der Waals surface area contributed by atoms with E-state index >= 15 is 0 Å². The molecule has 2 aliphatic rings. The highest BCUT2D eigenvalue weighted by Crippen LogP contribution is 2.35. The Bertz CT molecular complexity index is 1390. The number of hydrogen-bond donors (Lipinski definition) is 4. The van der Waals surface area contributed by atoms with Gasteiger partial charge in [0.25, 0.3) is 5.91 Å². The van der Waals surface area contributed by atoms with Crippen LogP contribution in [0.4, 0.5) is 16.2 Å². The molecule has 0 bridgehead atoms. The molecular weight excluding hydrogens is 502 g/mol. The summed E-state index contributed by atoms with van der Waals surface area (Å²) in [5.74, 6) is -0.332.